The molecule has 1 aliphatic carbocycles. The Morgan fingerprint density at radius 1 is 0.370 bits per heavy atom. The van der Waals surface area contributed by atoms with E-state index in [0.29, 0.717) is 19.5 Å². The molecule has 0 aromatic rings. The van der Waals surface area contributed by atoms with E-state index in [4.69, 9.17) is 0 Å². The van der Waals surface area contributed by atoms with Crippen molar-refractivity contribution in [3.63, 3.8) is 0 Å². The minimum Gasteiger partial charge on any atom is -0.481 e. The van der Waals surface area contributed by atoms with Crippen LogP contribution in [-0.4, -0.2) is 36.0 Å². The number of amides is 2. The molecule has 1 aliphatic rings. The van der Waals surface area contributed by atoms with Gasteiger partial charge in [-0.2, -0.15) is 0 Å². The van der Waals surface area contributed by atoms with Gasteiger partial charge in [0.05, 0.1) is 5.41 Å². The van der Waals surface area contributed by atoms with Crippen LogP contribution < -0.4 is 10.6 Å². The maximum Gasteiger partial charge on any atom is 0.309 e. The zero-order valence-corrected chi connectivity index (χ0v) is 36.8. The number of rotatable bonds is 37. The first-order valence-corrected chi connectivity index (χ1v) is 23.8. The molecule has 318 valence electrons. The van der Waals surface area contributed by atoms with Crippen LogP contribution in [0.1, 0.15) is 259 Å². The second-order valence-corrected chi connectivity index (χ2v) is 18.6. The molecule has 1 saturated carbocycles. The van der Waals surface area contributed by atoms with Gasteiger partial charge in [-0.1, -0.05) is 220 Å². The molecule has 0 bridgehead atoms. The standard InChI is InChI=1S/C48H92N2O4/c1-6-8-10-12-14-16-18-20-22-24-26-28-30-32-34-36-38-49-43(51)46(3)40-47(4,42-48(5,41-46)45(53)54)44(52)50-39-37-35-33-31-29-27-25-23-21-19-17-15-13-11-9-7-2/h6-42H2,1-5H3,(H,49,51)(H,50,52)(H,53,54)/t46-,47+,48?. The summed E-state index contributed by atoms with van der Waals surface area (Å²) in [5.74, 6) is -1.13. The van der Waals surface area contributed by atoms with Crippen LogP contribution in [0.5, 0.6) is 0 Å². The van der Waals surface area contributed by atoms with E-state index in [9.17, 15) is 19.5 Å². The number of carboxylic acids is 1. The Labute approximate surface area is 335 Å². The van der Waals surface area contributed by atoms with Crippen LogP contribution in [-0.2, 0) is 14.4 Å². The van der Waals surface area contributed by atoms with Crippen LogP contribution in [0.2, 0.25) is 0 Å². The Hall–Kier alpha value is -1.59. The van der Waals surface area contributed by atoms with Crippen molar-refractivity contribution >= 4 is 17.8 Å². The van der Waals surface area contributed by atoms with E-state index in [1.54, 1.807) is 6.92 Å². The summed E-state index contributed by atoms with van der Waals surface area (Å²) in [6.45, 7) is 11.2. The summed E-state index contributed by atoms with van der Waals surface area (Å²) in [4.78, 5) is 39.7. The van der Waals surface area contributed by atoms with Crippen LogP contribution >= 0.6 is 0 Å². The highest BCUT2D eigenvalue weighted by atomic mass is 16.4. The molecule has 2 amide bonds. The molecule has 6 heteroatoms. The minimum absolute atomic E-state index is 0.104. The van der Waals surface area contributed by atoms with Gasteiger partial charge in [-0.05, 0) is 39.0 Å². The van der Waals surface area contributed by atoms with Crippen LogP contribution in [0.25, 0.3) is 0 Å². The zero-order valence-electron chi connectivity index (χ0n) is 36.8. The summed E-state index contributed by atoms with van der Waals surface area (Å²) >= 11 is 0. The summed E-state index contributed by atoms with van der Waals surface area (Å²) in [5, 5.41) is 16.5. The molecule has 0 saturated heterocycles. The topological polar surface area (TPSA) is 95.5 Å². The van der Waals surface area contributed by atoms with Crippen molar-refractivity contribution in [2.45, 2.75) is 259 Å². The molecule has 6 nitrogen and oxygen atoms in total. The molecular formula is C48H92N2O4. The molecule has 3 N–H and O–H groups in total. The van der Waals surface area contributed by atoms with E-state index >= 15 is 0 Å². The van der Waals surface area contributed by atoms with E-state index in [0.717, 1.165) is 25.7 Å². The lowest BCUT2D eigenvalue weighted by atomic mass is 9.54. The monoisotopic (exact) mass is 761 g/mol. The highest BCUT2D eigenvalue weighted by Crippen LogP contribution is 2.54. The van der Waals surface area contributed by atoms with Crippen molar-refractivity contribution in [1.82, 2.24) is 10.6 Å². The highest BCUT2D eigenvalue weighted by molar-refractivity contribution is 5.89. The molecule has 1 rings (SSSR count). The number of nitrogens with one attached hydrogen (secondary N) is 2. The molecule has 3 atom stereocenters. The van der Waals surface area contributed by atoms with Crippen molar-refractivity contribution < 1.29 is 19.5 Å². The summed E-state index contributed by atoms with van der Waals surface area (Å²) in [6, 6.07) is 0. The van der Waals surface area contributed by atoms with Crippen LogP contribution in [0, 0.1) is 16.2 Å². The fraction of sp³-hybridized carbons (Fsp3) is 0.938. The van der Waals surface area contributed by atoms with Crippen LogP contribution in [0.3, 0.4) is 0 Å². The summed E-state index contributed by atoms with van der Waals surface area (Å²) in [5.41, 5.74) is -2.93. The first-order valence-electron chi connectivity index (χ1n) is 23.8. The second kappa shape index (κ2) is 31.5. The first-order chi connectivity index (χ1) is 26.0. The SMILES string of the molecule is CCCCCCCCCCCCCCCCCCNC(=O)[C@@]1(C)CC(C)(C(=O)O)C[C@@](C)(C(=O)NCCCCCCCCCCCCCCCCCC)C1. The summed E-state index contributed by atoms with van der Waals surface area (Å²) in [7, 11) is 0. The number of unbranched alkanes of at least 4 members (excludes halogenated alkanes) is 30. The van der Waals surface area contributed by atoms with E-state index in [1.165, 1.54) is 180 Å². The smallest absolute Gasteiger partial charge is 0.309 e. The third-order valence-corrected chi connectivity index (χ3v) is 12.6. The van der Waals surface area contributed by atoms with E-state index in [2.05, 4.69) is 24.5 Å². The first kappa shape index (κ1) is 50.4. The van der Waals surface area contributed by atoms with Crippen LogP contribution in [0.4, 0.5) is 0 Å². The quantitative estimate of drug-likeness (QED) is 0.0549. The second-order valence-electron chi connectivity index (χ2n) is 18.6. The average molecular weight is 761 g/mol. The third-order valence-electron chi connectivity index (χ3n) is 12.6. The predicted molar refractivity (Wildman–Crippen MR) is 231 cm³/mol. The van der Waals surface area contributed by atoms with Crippen molar-refractivity contribution in [3.05, 3.63) is 0 Å². The Morgan fingerprint density at radius 2 is 0.574 bits per heavy atom. The van der Waals surface area contributed by atoms with Gasteiger partial charge >= 0.3 is 5.97 Å². The van der Waals surface area contributed by atoms with Gasteiger partial charge in [-0.25, -0.2) is 0 Å². The van der Waals surface area contributed by atoms with Gasteiger partial charge in [0.1, 0.15) is 0 Å². The molecule has 0 spiro atoms. The third kappa shape index (κ3) is 23.5. The number of hydrogen-bond donors (Lipinski definition) is 3. The molecule has 0 aliphatic heterocycles. The van der Waals surface area contributed by atoms with Gasteiger partial charge in [-0.3, -0.25) is 14.4 Å². The fourth-order valence-corrected chi connectivity index (χ4v) is 9.42. The average Bonchev–Trinajstić information content (AvgIpc) is 3.13. The minimum atomic E-state index is -1.13. The normalized spacial score (nSPS) is 21.3. The summed E-state index contributed by atoms with van der Waals surface area (Å²) in [6.07, 6.45) is 42.9. The number of hydrogen-bond acceptors (Lipinski definition) is 3. The summed E-state index contributed by atoms with van der Waals surface area (Å²) < 4.78 is 0. The van der Waals surface area contributed by atoms with E-state index in [-0.39, 0.29) is 24.7 Å². The van der Waals surface area contributed by atoms with Crippen molar-refractivity contribution in [2.24, 2.45) is 16.2 Å². The van der Waals surface area contributed by atoms with Crippen molar-refractivity contribution in [3.8, 4) is 0 Å². The van der Waals surface area contributed by atoms with Crippen molar-refractivity contribution in [1.29, 1.82) is 0 Å². The molecule has 0 aromatic carbocycles. The highest BCUT2D eigenvalue weighted by Gasteiger charge is 2.57. The Balaban J connectivity index is 2.24. The van der Waals surface area contributed by atoms with Gasteiger partial charge in [0.2, 0.25) is 11.8 Å². The number of carboxylic acid groups (broad SMARTS) is 1. The lowest BCUT2D eigenvalue weighted by Gasteiger charge is -2.49. The molecule has 0 heterocycles. The molecule has 54 heavy (non-hydrogen) atoms. The van der Waals surface area contributed by atoms with Gasteiger partial charge in [0.15, 0.2) is 0 Å². The predicted octanol–water partition coefficient (Wildman–Crippen LogP) is 14.0. The number of carbonyl (C=O) groups is 3. The lowest BCUT2D eigenvalue weighted by molar-refractivity contribution is -0.163. The molecule has 1 fully saturated rings. The van der Waals surface area contributed by atoms with Gasteiger partial charge in [0, 0.05) is 23.9 Å². The Bertz CT molecular complexity index is 889. The molecule has 0 aromatic heterocycles. The maximum atomic E-state index is 13.6. The van der Waals surface area contributed by atoms with Crippen LogP contribution in [0.15, 0.2) is 0 Å². The van der Waals surface area contributed by atoms with Crippen molar-refractivity contribution in [2.75, 3.05) is 13.1 Å². The lowest BCUT2D eigenvalue weighted by Crippen LogP contribution is -2.56. The zero-order chi connectivity index (χ0) is 39.8. The fourth-order valence-electron chi connectivity index (χ4n) is 9.42. The molecular weight excluding hydrogens is 669 g/mol. The van der Waals surface area contributed by atoms with Gasteiger partial charge in [-0.15, -0.1) is 0 Å². The maximum absolute atomic E-state index is 13.6. The molecule has 0 radical (unpaired) electrons. The van der Waals surface area contributed by atoms with Gasteiger partial charge < -0.3 is 15.7 Å². The number of carbonyl (C=O) groups excluding carboxylic acids is 2. The molecule has 1 unspecified atom stereocenters. The largest absolute Gasteiger partial charge is 0.481 e. The van der Waals surface area contributed by atoms with E-state index < -0.39 is 22.2 Å². The van der Waals surface area contributed by atoms with E-state index in [1.807, 2.05) is 13.8 Å². The Kier molecular flexibility index (Phi) is 29.4. The van der Waals surface area contributed by atoms with Gasteiger partial charge in [0.25, 0.3) is 0 Å². The number of aliphatic carboxylic acids is 1. The Morgan fingerprint density at radius 3 is 0.796 bits per heavy atom.